The zero-order valence-corrected chi connectivity index (χ0v) is 22.3. The van der Waals surface area contributed by atoms with Crippen LogP contribution < -0.4 is 4.74 Å². The van der Waals surface area contributed by atoms with Crippen molar-refractivity contribution in [2.45, 2.75) is 89.9 Å². The summed E-state index contributed by atoms with van der Waals surface area (Å²) in [6, 6.07) is 2.76. The average Bonchev–Trinajstić information content (AvgIpc) is 3.30. The zero-order valence-electron chi connectivity index (χ0n) is 22.3. The summed E-state index contributed by atoms with van der Waals surface area (Å²) in [5.74, 6) is -3.41. The van der Waals surface area contributed by atoms with Crippen LogP contribution in [-0.2, 0) is 0 Å². The molecule has 0 N–H and O–H groups in total. The first kappa shape index (κ1) is 27.1. The van der Waals surface area contributed by atoms with Gasteiger partial charge < -0.3 is 9.15 Å². The van der Waals surface area contributed by atoms with Crippen molar-refractivity contribution >= 4 is 21.9 Å². The third-order valence-corrected chi connectivity index (χ3v) is 9.01. The van der Waals surface area contributed by atoms with Crippen LogP contribution in [0.2, 0.25) is 0 Å². The molecule has 0 spiro atoms. The molecule has 0 saturated heterocycles. The number of furan rings is 1. The van der Waals surface area contributed by atoms with Gasteiger partial charge in [0.25, 0.3) is 0 Å². The van der Waals surface area contributed by atoms with Crippen molar-refractivity contribution in [2.75, 3.05) is 6.61 Å². The second kappa shape index (κ2) is 11.7. The van der Waals surface area contributed by atoms with E-state index in [1.54, 1.807) is 0 Å². The van der Waals surface area contributed by atoms with E-state index in [0.717, 1.165) is 77.0 Å². The smallest absolute Gasteiger partial charge is 0.201 e. The van der Waals surface area contributed by atoms with Gasteiger partial charge in [-0.2, -0.15) is 4.39 Å². The Morgan fingerprint density at radius 2 is 1.37 bits per heavy atom. The molecule has 38 heavy (non-hydrogen) atoms. The highest BCUT2D eigenvalue weighted by molar-refractivity contribution is 6.06. The standard InChI is InChI=1S/C32H38F4O2/c1-3-5-7-20-8-10-21(11-9-20)18-37-26-17-25-28(32(36)30(26)34)27-24(38-25)16-23(29(33)31(27)35)22-14-12-19(6-4-2)13-15-22/h3,16-17,19-22H,1,4-15,18H2,2H3. The number of hydrogen-bond donors (Lipinski definition) is 0. The molecule has 2 aliphatic rings. The second-order valence-electron chi connectivity index (χ2n) is 11.5. The van der Waals surface area contributed by atoms with E-state index in [9.17, 15) is 0 Å². The highest BCUT2D eigenvalue weighted by Crippen LogP contribution is 2.43. The van der Waals surface area contributed by atoms with Gasteiger partial charge in [0, 0.05) is 6.07 Å². The third kappa shape index (κ3) is 5.33. The molecule has 0 unspecified atom stereocenters. The van der Waals surface area contributed by atoms with Crippen molar-refractivity contribution in [3.8, 4) is 5.75 Å². The quantitative estimate of drug-likeness (QED) is 0.203. The van der Waals surface area contributed by atoms with Gasteiger partial charge in [0.2, 0.25) is 5.82 Å². The Balaban J connectivity index is 1.37. The Morgan fingerprint density at radius 3 is 2.03 bits per heavy atom. The van der Waals surface area contributed by atoms with Crippen LogP contribution in [0.5, 0.6) is 5.75 Å². The molecule has 1 aromatic heterocycles. The van der Waals surface area contributed by atoms with Gasteiger partial charge >= 0.3 is 0 Å². The fourth-order valence-corrected chi connectivity index (χ4v) is 6.77. The molecule has 6 heteroatoms. The van der Waals surface area contributed by atoms with E-state index in [1.165, 1.54) is 12.1 Å². The molecule has 0 aliphatic heterocycles. The number of allylic oxidation sites excluding steroid dienone is 1. The Hall–Kier alpha value is -2.50. The van der Waals surface area contributed by atoms with Gasteiger partial charge in [0.1, 0.15) is 11.2 Å². The van der Waals surface area contributed by atoms with E-state index < -0.39 is 23.3 Å². The van der Waals surface area contributed by atoms with Crippen LogP contribution in [0.1, 0.15) is 95.5 Å². The van der Waals surface area contributed by atoms with Crippen molar-refractivity contribution in [3.05, 3.63) is 53.6 Å². The van der Waals surface area contributed by atoms with Gasteiger partial charge in [0.15, 0.2) is 23.2 Å². The highest BCUT2D eigenvalue weighted by atomic mass is 19.2. The van der Waals surface area contributed by atoms with E-state index in [0.29, 0.717) is 11.8 Å². The maximum Gasteiger partial charge on any atom is 0.201 e. The van der Waals surface area contributed by atoms with Crippen LogP contribution in [0, 0.1) is 41.0 Å². The first-order valence-electron chi connectivity index (χ1n) is 14.4. The molecule has 2 nitrogen and oxygen atoms in total. The predicted molar refractivity (Wildman–Crippen MR) is 144 cm³/mol. The van der Waals surface area contributed by atoms with Crippen LogP contribution in [0.4, 0.5) is 17.6 Å². The number of rotatable bonds is 9. The first-order chi connectivity index (χ1) is 18.4. The van der Waals surface area contributed by atoms with Gasteiger partial charge in [-0.15, -0.1) is 6.58 Å². The molecule has 2 aliphatic carbocycles. The molecule has 206 valence electrons. The summed E-state index contributed by atoms with van der Waals surface area (Å²) in [7, 11) is 0. The second-order valence-corrected chi connectivity index (χ2v) is 11.5. The van der Waals surface area contributed by atoms with Gasteiger partial charge in [-0.3, -0.25) is 0 Å². The molecule has 2 aromatic carbocycles. The molecule has 2 saturated carbocycles. The lowest BCUT2D eigenvalue weighted by molar-refractivity contribution is 0.174. The molecule has 1 heterocycles. The number of benzene rings is 2. The number of ether oxygens (including phenoxy) is 1. The van der Waals surface area contributed by atoms with Crippen LogP contribution in [-0.4, -0.2) is 6.61 Å². The fourth-order valence-electron chi connectivity index (χ4n) is 6.77. The molecule has 5 rings (SSSR count). The molecule has 2 fully saturated rings. The van der Waals surface area contributed by atoms with Gasteiger partial charge in [-0.25, -0.2) is 13.2 Å². The van der Waals surface area contributed by atoms with Crippen molar-refractivity contribution in [1.29, 1.82) is 0 Å². The van der Waals surface area contributed by atoms with Gasteiger partial charge in [-0.05, 0) is 86.7 Å². The van der Waals surface area contributed by atoms with Crippen molar-refractivity contribution in [1.82, 2.24) is 0 Å². The van der Waals surface area contributed by atoms with Crippen LogP contribution in [0.15, 0.2) is 29.2 Å². The lowest BCUT2D eigenvalue weighted by atomic mass is 9.77. The van der Waals surface area contributed by atoms with E-state index in [-0.39, 0.29) is 51.7 Å². The minimum Gasteiger partial charge on any atom is -0.490 e. The third-order valence-electron chi connectivity index (χ3n) is 9.01. The minimum absolute atomic E-state index is 0.0378. The first-order valence-corrected chi connectivity index (χ1v) is 14.4. The highest BCUT2D eigenvalue weighted by Gasteiger charge is 2.30. The molecule has 0 bridgehead atoms. The summed E-state index contributed by atoms with van der Waals surface area (Å²) in [4.78, 5) is 0. The summed E-state index contributed by atoms with van der Waals surface area (Å²) in [6.07, 6.45) is 14.0. The zero-order chi connectivity index (χ0) is 26.8. The number of hydrogen-bond acceptors (Lipinski definition) is 2. The largest absolute Gasteiger partial charge is 0.490 e. The van der Waals surface area contributed by atoms with Crippen molar-refractivity contribution in [2.24, 2.45) is 17.8 Å². The molecular weight excluding hydrogens is 492 g/mol. The average molecular weight is 531 g/mol. The maximum atomic E-state index is 15.3. The normalized spacial score (nSPS) is 24.2. The maximum absolute atomic E-state index is 15.3. The Bertz CT molecular complexity index is 1280. The predicted octanol–water partition coefficient (Wildman–Crippen LogP) is 10.4. The lowest BCUT2D eigenvalue weighted by Crippen LogP contribution is -2.20. The van der Waals surface area contributed by atoms with Gasteiger partial charge in [-0.1, -0.05) is 38.7 Å². The number of fused-ring (bicyclic) bond motifs is 3. The van der Waals surface area contributed by atoms with Gasteiger partial charge in [0.05, 0.1) is 17.4 Å². The number of halogens is 4. The fraction of sp³-hybridized carbons (Fsp3) is 0.562. The molecular formula is C32H38F4O2. The summed E-state index contributed by atoms with van der Waals surface area (Å²) < 4.78 is 72.3. The minimum atomic E-state index is -1.27. The summed E-state index contributed by atoms with van der Waals surface area (Å²) in [5, 5.41) is -0.719. The Kier molecular flexibility index (Phi) is 8.35. The van der Waals surface area contributed by atoms with E-state index in [2.05, 4.69) is 13.5 Å². The van der Waals surface area contributed by atoms with Crippen LogP contribution in [0.3, 0.4) is 0 Å². The van der Waals surface area contributed by atoms with Crippen molar-refractivity contribution < 1.29 is 26.7 Å². The van der Waals surface area contributed by atoms with E-state index >= 15 is 17.6 Å². The lowest BCUT2D eigenvalue weighted by Gasteiger charge is -2.28. The molecule has 0 atom stereocenters. The van der Waals surface area contributed by atoms with Crippen LogP contribution in [0.25, 0.3) is 21.9 Å². The summed E-state index contributed by atoms with van der Waals surface area (Å²) in [5.41, 5.74) is 0.270. The van der Waals surface area contributed by atoms with Crippen molar-refractivity contribution in [3.63, 3.8) is 0 Å². The monoisotopic (exact) mass is 530 g/mol. The molecule has 0 radical (unpaired) electrons. The van der Waals surface area contributed by atoms with E-state index in [1.807, 2.05) is 6.08 Å². The topological polar surface area (TPSA) is 22.4 Å². The van der Waals surface area contributed by atoms with E-state index in [4.69, 9.17) is 9.15 Å². The summed E-state index contributed by atoms with van der Waals surface area (Å²) >= 11 is 0. The SMILES string of the molecule is C=CCCC1CCC(COc2cc3oc4cc(C5CCC(CCC)CC5)c(F)c(F)c4c3c(F)c2F)CC1. The Morgan fingerprint density at radius 1 is 0.789 bits per heavy atom. The molecule has 0 amide bonds. The Labute approximate surface area is 222 Å². The molecule has 3 aromatic rings. The van der Waals surface area contributed by atoms with Crippen LogP contribution >= 0.6 is 0 Å². The summed E-state index contributed by atoms with van der Waals surface area (Å²) in [6.45, 7) is 6.22.